The Morgan fingerprint density at radius 3 is 2.79 bits per heavy atom. The lowest BCUT2D eigenvalue weighted by atomic mass is 10.1. The summed E-state index contributed by atoms with van der Waals surface area (Å²) in [6.45, 7) is 3.45. The molecule has 0 bridgehead atoms. The van der Waals surface area contributed by atoms with Gasteiger partial charge >= 0.3 is 6.09 Å². The van der Waals surface area contributed by atoms with E-state index in [1.165, 1.54) is 0 Å². The average molecular weight is 395 g/mol. The van der Waals surface area contributed by atoms with Gasteiger partial charge < -0.3 is 9.64 Å². The van der Waals surface area contributed by atoms with Crippen LogP contribution < -0.4 is 5.43 Å². The van der Waals surface area contributed by atoms with Gasteiger partial charge in [-0.05, 0) is 18.6 Å². The van der Waals surface area contributed by atoms with Crippen LogP contribution in [0.5, 0.6) is 0 Å². The van der Waals surface area contributed by atoms with Gasteiger partial charge in [0.15, 0.2) is 5.82 Å². The summed E-state index contributed by atoms with van der Waals surface area (Å²) in [5.41, 5.74) is 5.28. The first-order valence-corrected chi connectivity index (χ1v) is 10.1. The van der Waals surface area contributed by atoms with Crippen molar-refractivity contribution in [2.45, 2.75) is 19.8 Å². The number of nitrogens with one attached hydrogen (secondary N) is 1. The highest BCUT2D eigenvalue weighted by atomic mass is 32.1. The third kappa shape index (κ3) is 3.96. The number of fused-ring (bicyclic) bond motifs is 1. The summed E-state index contributed by atoms with van der Waals surface area (Å²) in [5, 5.41) is 5.49. The standard InChI is InChI=1S/C20H21N5O2S/c1-2-27-20(26)25-10-8-15(9-11-25)23-24-18-16-12-17(14-6-4-3-5-7-14)28-19(16)22-13-21-18/h3-7,12-13H,2,8-11H2,1H3,(H,21,22,24). The van der Waals surface area contributed by atoms with E-state index in [4.69, 9.17) is 4.74 Å². The molecule has 0 saturated carbocycles. The maximum atomic E-state index is 11.8. The quantitative estimate of drug-likeness (QED) is 0.663. The molecule has 1 N–H and O–H groups in total. The number of ether oxygens (including phenoxy) is 1. The topological polar surface area (TPSA) is 79.7 Å². The minimum atomic E-state index is -0.251. The Balaban J connectivity index is 1.47. The molecule has 1 amide bonds. The largest absolute Gasteiger partial charge is 0.450 e. The maximum absolute atomic E-state index is 11.8. The molecule has 0 atom stereocenters. The molecule has 0 unspecified atom stereocenters. The van der Waals surface area contributed by atoms with Crippen LogP contribution in [0.1, 0.15) is 19.8 Å². The number of nitrogens with zero attached hydrogens (tertiary/aromatic N) is 4. The highest BCUT2D eigenvalue weighted by Gasteiger charge is 2.20. The maximum Gasteiger partial charge on any atom is 0.409 e. The predicted octanol–water partition coefficient (Wildman–Crippen LogP) is 4.38. The summed E-state index contributed by atoms with van der Waals surface area (Å²) >= 11 is 1.64. The first-order chi connectivity index (χ1) is 13.7. The van der Waals surface area contributed by atoms with Crippen molar-refractivity contribution in [1.29, 1.82) is 0 Å². The van der Waals surface area contributed by atoms with E-state index >= 15 is 0 Å². The lowest BCUT2D eigenvalue weighted by Crippen LogP contribution is -2.39. The normalized spacial score (nSPS) is 14.2. The molecular formula is C20H21N5O2S. The molecular weight excluding hydrogens is 374 g/mol. The second-order valence-corrected chi connectivity index (χ2v) is 7.42. The van der Waals surface area contributed by atoms with Crippen LogP contribution in [0.2, 0.25) is 0 Å². The van der Waals surface area contributed by atoms with Gasteiger partial charge in [0.05, 0.1) is 12.0 Å². The summed E-state index contributed by atoms with van der Waals surface area (Å²) in [4.78, 5) is 24.3. The lowest BCUT2D eigenvalue weighted by Gasteiger charge is -2.26. The fourth-order valence-electron chi connectivity index (χ4n) is 3.10. The smallest absolute Gasteiger partial charge is 0.409 e. The van der Waals surface area contributed by atoms with Gasteiger partial charge in [-0.2, -0.15) is 5.10 Å². The number of benzene rings is 1. The van der Waals surface area contributed by atoms with Crippen LogP contribution in [-0.2, 0) is 4.74 Å². The number of carbonyl (C=O) groups excluding carboxylic acids is 1. The Morgan fingerprint density at radius 1 is 1.25 bits per heavy atom. The van der Waals surface area contributed by atoms with Gasteiger partial charge in [-0.15, -0.1) is 11.3 Å². The summed E-state index contributed by atoms with van der Waals surface area (Å²) in [6.07, 6.45) is 2.75. The molecule has 4 rings (SSSR count). The van der Waals surface area contributed by atoms with Crippen LogP contribution in [0.15, 0.2) is 47.8 Å². The number of rotatable bonds is 4. The van der Waals surface area contributed by atoms with Crippen LogP contribution in [0.3, 0.4) is 0 Å². The van der Waals surface area contributed by atoms with E-state index < -0.39 is 0 Å². The third-order valence-electron chi connectivity index (χ3n) is 4.57. The number of hydrogen-bond acceptors (Lipinski definition) is 7. The number of hydrazone groups is 1. The molecule has 1 aromatic carbocycles. The van der Waals surface area contributed by atoms with Crippen LogP contribution in [0, 0.1) is 0 Å². The van der Waals surface area contributed by atoms with Crippen LogP contribution in [0.25, 0.3) is 20.7 Å². The van der Waals surface area contributed by atoms with E-state index in [1.807, 2.05) is 25.1 Å². The highest BCUT2D eigenvalue weighted by Crippen LogP contribution is 2.34. The van der Waals surface area contributed by atoms with Crippen LogP contribution in [-0.4, -0.2) is 46.4 Å². The predicted molar refractivity (Wildman–Crippen MR) is 112 cm³/mol. The fraction of sp³-hybridized carbons (Fsp3) is 0.300. The zero-order valence-electron chi connectivity index (χ0n) is 15.6. The molecule has 0 spiro atoms. The van der Waals surface area contributed by atoms with E-state index in [0.717, 1.165) is 39.2 Å². The second kappa shape index (κ2) is 8.35. The lowest BCUT2D eigenvalue weighted by molar-refractivity contribution is 0.107. The highest BCUT2D eigenvalue weighted by molar-refractivity contribution is 7.21. The number of carbonyl (C=O) groups is 1. The minimum absolute atomic E-state index is 0.251. The van der Waals surface area contributed by atoms with Crippen molar-refractivity contribution in [3.8, 4) is 10.4 Å². The van der Waals surface area contributed by atoms with Gasteiger partial charge in [0.1, 0.15) is 11.2 Å². The number of amides is 1. The number of hydrogen-bond donors (Lipinski definition) is 1. The molecule has 1 aliphatic heterocycles. The van der Waals surface area contributed by atoms with Gasteiger partial charge in [0.2, 0.25) is 0 Å². The number of aromatic nitrogens is 2. The number of piperidine rings is 1. The Hall–Kier alpha value is -3.00. The molecule has 144 valence electrons. The number of anilines is 1. The van der Waals surface area contributed by atoms with Gasteiger partial charge in [-0.1, -0.05) is 30.3 Å². The van der Waals surface area contributed by atoms with Crippen molar-refractivity contribution >= 4 is 39.2 Å². The van der Waals surface area contributed by atoms with Crippen molar-refractivity contribution < 1.29 is 9.53 Å². The molecule has 1 fully saturated rings. The third-order valence-corrected chi connectivity index (χ3v) is 5.67. The zero-order chi connectivity index (χ0) is 19.3. The molecule has 8 heteroatoms. The van der Waals surface area contributed by atoms with E-state index in [2.05, 4.69) is 38.7 Å². The molecule has 28 heavy (non-hydrogen) atoms. The fourth-order valence-corrected chi connectivity index (χ4v) is 4.10. The Kier molecular flexibility index (Phi) is 5.48. The summed E-state index contributed by atoms with van der Waals surface area (Å²) in [7, 11) is 0. The Bertz CT molecular complexity index is 992. The summed E-state index contributed by atoms with van der Waals surface area (Å²) in [6, 6.07) is 12.3. The first-order valence-electron chi connectivity index (χ1n) is 9.27. The molecule has 0 aliphatic carbocycles. The first kappa shape index (κ1) is 18.4. The van der Waals surface area contributed by atoms with Crippen molar-refractivity contribution in [3.63, 3.8) is 0 Å². The molecule has 2 aromatic heterocycles. The Morgan fingerprint density at radius 2 is 2.04 bits per heavy atom. The van der Waals surface area contributed by atoms with Crippen molar-refractivity contribution in [2.24, 2.45) is 5.10 Å². The van der Waals surface area contributed by atoms with E-state index in [-0.39, 0.29) is 6.09 Å². The zero-order valence-corrected chi connectivity index (χ0v) is 16.4. The molecule has 7 nitrogen and oxygen atoms in total. The molecule has 3 aromatic rings. The van der Waals surface area contributed by atoms with Crippen LogP contribution in [0.4, 0.5) is 10.6 Å². The van der Waals surface area contributed by atoms with E-state index in [0.29, 0.717) is 25.5 Å². The van der Waals surface area contributed by atoms with Gasteiger partial charge in [-0.25, -0.2) is 14.8 Å². The SMILES string of the molecule is CCOC(=O)N1CCC(=NNc2ncnc3sc(-c4ccccc4)cc23)CC1. The number of thiophene rings is 1. The monoisotopic (exact) mass is 395 g/mol. The molecule has 3 heterocycles. The summed E-state index contributed by atoms with van der Waals surface area (Å²) < 4.78 is 5.05. The molecule has 1 aliphatic rings. The minimum Gasteiger partial charge on any atom is -0.450 e. The second-order valence-electron chi connectivity index (χ2n) is 6.39. The van der Waals surface area contributed by atoms with Crippen molar-refractivity contribution in [3.05, 3.63) is 42.7 Å². The van der Waals surface area contributed by atoms with E-state index in [1.54, 1.807) is 22.6 Å². The Labute approximate surface area is 167 Å². The average Bonchev–Trinajstić information content (AvgIpc) is 3.18. The number of likely N-dealkylation sites (tertiary alicyclic amines) is 1. The van der Waals surface area contributed by atoms with Gasteiger partial charge in [0, 0.05) is 36.5 Å². The van der Waals surface area contributed by atoms with Crippen molar-refractivity contribution in [1.82, 2.24) is 14.9 Å². The molecule has 1 saturated heterocycles. The molecule has 0 radical (unpaired) electrons. The summed E-state index contributed by atoms with van der Waals surface area (Å²) in [5.74, 6) is 0.698. The van der Waals surface area contributed by atoms with Gasteiger partial charge in [0.25, 0.3) is 0 Å². The van der Waals surface area contributed by atoms with Crippen LogP contribution >= 0.6 is 11.3 Å². The van der Waals surface area contributed by atoms with Gasteiger partial charge in [-0.3, -0.25) is 5.43 Å². The van der Waals surface area contributed by atoms with Crippen molar-refractivity contribution in [2.75, 3.05) is 25.1 Å². The van der Waals surface area contributed by atoms with E-state index in [9.17, 15) is 4.79 Å².